The van der Waals surface area contributed by atoms with E-state index in [1.165, 1.54) is 0 Å². The van der Waals surface area contributed by atoms with Gasteiger partial charge in [0.05, 0.1) is 13.2 Å². The summed E-state index contributed by atoms with van der Waals surface area (Å²) in [5, 5.41) is 15.2. The van der Waals surface area contributed by atoms with Crippen LogP contribution >= 0.6 is 31.9 Å². The van der Waals surface area contributed by atoms with Crippen molar-refractivity contribution in [2.75, 3.05) is 13.2 Å². The zero-order valence-corrected chi connectivity index (χ0v) is 13.3. The maximum absolute atomic E-state index is 7.62. The van der Waals surface area contributed by atoms with Crippen LogP contribution in [0.3, 0.4) is 0 Å². The molecule has 0 aromatic heterocycles. The van der Waals surface area contributed by atoms with Crippen LogP contribution in [0.15, 0.2) is 57.5 Å². The van der Waals surface area contributed by atoms with Gasteiger partial charge in [0.2, 0.25) is 0 Å². The van der Waals surface area contributed by atoms with Gasteiger partial charge in [0, 0.05) is 8.95 Å². The summed E-state index contributed by atoms with van der Waals surface area (Å²) >= 11 is 6.76. The molecule has 0 aliphatic heterocycles. The Bertz CT molecular complexity index is 424. The highest BCUT2D eigenvalue weighted by Crippen LogP contribution is 2.24. The molecule has 0 unspecified atom stereocenters. The van der Waals surface area contributed by atoms with Gasteiger partial charge in [0.1, 0.15) is 11.5 Å². The Kier molecular flexibility index (Phi) is 7.74. The number of ether oxygens (including phenoxy) is 1. The summed E-state index contributed by atoms with van der Waals surface area (Å²) in [6.07, 6.45) is 0. The summed E-state index contributed by atoms with van der Waals surface area (Å²) < 4.78 is 7.74. The number of benzene rings is 2. The van der Waals surface area contributed by atoms with Gasteiger partial charge in [-0.05, 0) is 48.5 Å². The van der Waals surface area contributed by atoms with E-state index in [9.17, 15) is 0 Å². The van der Waals surface area contributed by atoms with Gasteiger partial charge in [-0.15, -0.1) is 0 Å². The molecule has 0 amide bonds. The molecule has 5 heteroatoms. The van der Waals surface area contributed by atoms with E-state index < -0.39 is 0 Å². The maximum Gasteiger partial charge on any atom is 0.127 e. The van der Waals surface area contributed by atoms with E-state index in [0.29, 0.717) is 0 Å². The molecule has 0 heterocycles. The summed E-state index contributed by atoms with van der Waals surface area (Å²) in [7, 11) is 0. The number of rotatable bonds is 3. The van der Waals surface area contributed by atoms with E-state index in [1.807, 2.05) is 48.5 Å². The zero-order valence-electron chi connectivity index (χ0n) is 10.1. The molecule has 0 fully saturated rings. The monoisotopic (exact) mass is 388 g/mol. The smallest absolute Gasteiger partial charge is 0.127 e. The van der Waals surface area contributed by atoms with E-state index in [0.717, 1.165) is 20.4 Å². The second-order valence-electron chi connectivity index (χ2n) is 3.46. The van der Waals surface area contributed by atoms with Gasteiger partial charge in [-0.2, -0.15) is 0 Å². The molecular weight excluding hydrogens is 376 g/mol. The largest absolute Gasteiger partial charge is 0.457 e. The van der Waals surface area contributed by atoms with Crippen LogP contribution in [0.25, 0.3) is 0 Å². The van der Waals surface area contributed by atoms with Crippen molar-refractivity contribution in [1.82, 2.24) is 0 Å². The van der Waals surface area contributed by atoms with Crippen LogP contribution in [-0.4, -0.2) is 23.4 Å². The Morgan fingerprint density at radius 3 is 1.26 bits per heavy atom. The van der Waals surface area contributed by atoms with Gasteiger partial charge >= 0.3 is 0 Å². The van der Waals surface area contributed by atoms with E-state index in [-0.39, 0.29) is 13.2 Å². The zero-order chi connectivity index (χ0) is 14.1. The van der Waals surface area contributed by atoms with Gasteiger partial charge in [-0.25, -0.2) is 0 Å². The molecule has 19 heavy (non-hydrogen) atoms. The number of aliphatic hydroxyl groups is 2. The first-order valence-electron chi connectivity index (χ1n) is 5.56. The van der Waals surface area contributed by atoms with Gasteiger partial charge in [0.15, 0.2) is 0 Å². The molecule has 102 valence electrons. The fourth-order valence-corrected chi connectivity index (χ4v) is 1.67. The maximum atomic E-state index is 7.62. The molecule has 2 aromatic carbocycles. The molecule has 3 nitrogen and oxygen atoms in total. The molecule has 0 atom stereocenters. The summed E-state index contributed by atoms with van der Waals surface area (Å²) in [5.74, 6) is 1.67. The lowest BCUT2D eigenvalue weighted by Crippen LogP contribution is -1.85. The lowest BCUT2D eigenvalue weighted by Gasteiger charge is -2.05. The van der Waals surface area contributed by atoms with Crippen molar-refractivity contribution in [2.45, 2.75) is 0 Å². The first kappa shape index (κ1) is 16.2. The predicted octanol–water partition coefficient (Wildman–Crippen LogP) is 3.97. The van der Waals surface area contributed by atoms with Crippen LogP contribution in [-0.2, 0) is 0 Å². The first-order valence-corrected chi connectivity index (χ1v) is 7.15. The molecule has 0 saturated heterocycles. The normalized spacial score (nSPS) is 9.47. The van der Waals surface area contributed by atoms with Crippen LogP contribution in [0.4, 0.5) is 0 Å². The fraction of sp³-hybridized carbons (Fsp3) is 0.143. The third-order valence-corrected chi connectivity index (χ3v) is 3.02. The van der Waals surface area contributed by atoms with E-state index in [1.54, 1.807) is 0 Å². The molecule has 0 aliphatic carbocycles. The molecule has 0 aliphatic rings. The van der Waals surface area contributed by atoms with E-state index >= 15 is 0 Å². The highest BCUT2D eigenvalue weighted by atomic mass is 79.9. The molecule has 0 spiro atoms. The molecule has 0 radical (unpaired) electrons. The minimum Gasteiger partial charge on any atom is -0.457 e. The Morgan fingerprint density at radius 2 is 1.00 bits per heavy atom. The third kappa shape index (κ3) is 6.73. The Morgan fingerprint density at radius 1 is 0.684 bits per heavy atom. The van der Waals surface area contributed by atoms with Gasteiger partial charge in [0.25, 0.3) is 0 Å². The SMILES string of the molecule is Brc1ccc(Oc2ccc(Br)cc2)cc1.OCCO. The quantitative estimate of drug-likeness (QED) is 0.834. The Hall–Kier alpha value is -0.880. The standard InChI is InChI=1S/C12H8Br2O.C2H6O2/c13-9-1-5-11(6-2-9)15-12-7-3-10(14)4-8-12;3-1-2-4/h1-8H;3-4H,1-2H2. The highest BCUT2D eigenvalue weighted by Gasteiger charge is 1.96. The molecule has 0 saturated carbocycles. The van der Waals surface area contributed by atoms with Gasteiger partial charge in [-0.3, -0.25) is 0 Å². The topological polar surface area (TPSA) is 49.7 Å². The number of aliphatic hydroxyl groups excluding tert-OH is 2. The third-order valence-electron chi connectivity index (χ3n) is 1.96. The fourth-order valence-electron chi connectivity index (χ4n) is 1.14. The van der Waals surface area contributed by atoms with E-state index in [2.05, 4.69) is 31.9 Å². The Balaban J connectivity index is 0.000000399. The number of hydrogen-bond donors (Lipinski definition) is 2. The molecule has 2 aromatic rings. The highest BCUT2D eigenvalue weighted by molar-refractivity contribution is 9.10. The van der Waals surface area contributed by atoms with E-state index in [4.69, 9.17) is 14.9 Å². The van der Waals surface area contributed by atoms with Crippen molar-refractivity contribution < 1.29 is 14.9 Å². The number of halogens is 2. The van der Waals surface area contributed by atoms with Crippen molar-refractivity contribution >= 4 is 31.9 Å². The van der Waals surface area contributed by atoms with Crippen LogP contribution in [0.5, 0.6) is 11.5 Å². The van der Waals surface area contributed by atoms with Crippen molar-refractivity contribution in [3.8, 4) is 11.5 Å². The molecule has 2 rings (SSSR count). The van der Waals surface area contributed by atoms with Crippen LogP contribution < -0.4 is 4.74 Å². The lowest BCUT2D eigenvalue weighted by molar-refractivity contribution is 0.186. The van der Waals surface area contributed by atoms with Crippen molar-refractivity contribution in [1.29, 1.82) is 0 Å². The summed E-state index contributed by atoms with van der Waals surface area (Å²) in [6, 6.07) is 15.5. The first-order chi connectivity index (χ1) is 9.15. The predicted molar refractivity (Wildman–Crippen MR) is 82.5 cm³/mol. The van der Waals surface area contributed by atoms with Crippen molar-refractivity contribution in [2.24, 2.45) is 0 Å². The van der Waals surface area contributed by atoms with Crippen molar-refractivity contribution in [3.63, 3.8) is 0 Å². The molecule has 2 N–H and O–H groups in total. The second-order valence-corrected chi connectivity index (χ2v) is 5.29. The average molecular weight is 390 g/mol. The summed E-state index contributed by atoms with van der Waals surface area (Å²) in [4.78, 5) is 0. The van der Waals surface area contributed by atoms with Crippen LogP contribution in [0.2, 0.25) is 0 Å². The van der Waals surface area contributed by atoms with Crippen LogP contribution in [0, 0.1) is 0 Å². The molecule has 0 bridgehead atoms. The minimum absolute atomic E-state index is 0.125. The molecular formula is C14H14Br2O3. The van der Waals surface area contributed by atoms with Crippen LogP contribution in [0.1, 0.15) is 0 Å². The minimum atomic E-state index is -0.125. The van der Waals surface area contributed by atoms with Gasteiger partial charge in [-0.1, -0.05) is 31.9 Å². The number of hydrogen-bond acceptors (Lipinski definition) is 3. The lowest BCUT2D eigenvalue weighted by atomic mass is 10.3. The van der Waals surface area contributed by atoms with Gasteiger partial charge < -0.3 is 14.9 Å². The Labute approximate surface area is 129 Å². The summed E-state index contributed by atoms with van der Waals surface area (Å²) in [6.45, 7) is -0.250. The summed E-state index contributed by atoms with van der Waals surface area (Å²) in [5.41, 5.74) is 0. The second kappa shape index (κ2) is 9.09. The van der Waals surface area contributed by atoms with Crippen molar-refractivity contribution in [3.05, 3.63) is 57.5 Å². The average Bonchev–Trinajstić information content (AvgIpc) is 2.44.